The predicted molar refractivity (Wildman–Crippen MR) is 63.0 cm³/mol. The molecule has 1 aliphatic carbocycles. The van der Waals surface area contributed by atoms with E-state index < -0.39 is 0 Å². The summed E-state index contributed by atoms with van der Waals surface area (Å²) in [6.07, 6.45) is 7.37. The van der Waals surface area contributed by atoms with Crippen LogP contribution < -0.4 is 5.73 Å². The normalized spacial score (nSPS) is 18.3. The van der Waals surface area contributed by atoms with Crippen molar-refractivity contribution in [2.45, 2.75) is 24.7 Å². The number of nitrogens with zero attached hydrogens (tertiary/aromatic N) is 1. The number of rotatable bonds is 3. The molecule has 16 heavy (non-hydrogen) atoms. The lowest BCUT2D eigenvalue weighted by Gasteiger charge is -2.38. The molecule has 0 radical (unpaired) electrons. The molecule has 0 atom stereocenters. The third-order valence-corrected chi connectivity index (χ3v) is 3.67. The van der Waals surface area contributed by atoms with Crippen molar-refractivity contribution < 1.29 is 0 Å². The summed E-state index contributed by atoms with van der Waals surface area (Å²) in [5.74, 6) is 1.05. The van der Waals surface area contributed by atoms with E-state index in [1.807, 2.05) is 24.5 Å². The van der Waals surface area contributed by atoms with Crippen LogP contribution in [-0.2, 0) is 5.41 Å². The third kappa shape index (κ3) is 1.30. The molecule has 0 amide bonds. The van der Waals surface area contributed by atoms with Crippen LogP contribution in [0.2, 0.25) is 0 Å². The molecule has 4 heteroatoms. The van der Waals surface area contributed by atoms with Crippen molar-refractivity contribution >= 4 is 0 Å². The maximum absolute atomic E-state index is 5.86. The van der Waals surface area contributed by atoms with Crippen molar-refractivity contribution in [2.24, 2.45) is 5.73 Å². The zero-order valence-electron chi connectivity index (χ0n) is 9.16. The van der Waals surface area contributed by atoms with Gasteiger partial charge in [-0.1, -0.05) is 6.42 Å². The van der Waals surface area contributed by atoms with E-state index in [2.05, 4.69) is 15.0 Å². The SMILES string of the molecule is NCC1(c2ncc(-c3ccc[nH]3)[nH]2)CCC1. The first-order valence-electron chi connectivity index (χ1n) is 5.73. The predicted octanol–water partition coefficient (Wildman–Crippen LogP) is 1.79. The molecule has 4 nitrogen and oxygen atoms in total. The maximum atomic E-state index is 5.86. The van der Waals surface area contributed by atoms with Crippen LogP contribution in [-0.4, -0.2) is 21.5 Å². The lowest BCUT2D eigenvalue weighted by Crippen LogP contribution is -2.42. The highest BCUT2D eigenvalue weighted by Gasteiger charge is 2.39. The van der Waals surface area contributed by atoms with Gasteiger partial charge >= 0.3 is 0 Å². The van der Waals surface area contributed by atoms with Gasteiger partial charge in [-0.05, 0) is 25.0 Å². The minimum Gasteiger partial charge on any atom is -0.360 e. The number of aromatic amines is 2. The standard InChI is InChI=1S/C12H16N4/c13-8-12(4-2-5-12)11-15-7-10(16-11)9-3-1-6-14-9/h1,3,6-7,14H,2,4-5,8,13H2,(H,15,16). The smallest absolute Gasteiger partial charge is 0.114 e. The molecule has 84 valence electrons. The van der Waals surface area contributed by atoms with Gasteiger partial charge in [0, 0.05) is 18.2 Å². The molecule has 2 heterocycles. The molecule has 2 aromatic heterocycles. The van der Waals surface area contributed by atoms with Gasteiger partial charge < -0.3 is 15.7 Å². The van der Waals surface area contributed by atoms with Crippen LogP contribution in [0, 0.1) is 0 Å². The average Bonchev–Trinajstić information content (AvgIpc) is 2.86. The lowest BCUT2D eigenvalue weighted by atomic mass is 9.68. The van der Waals surface area contributed by atoms with Crippen molar-refractivity contribution in [1.82, 2.24) is 15.0 Å². The van der Waals surface area contributed by atoms with E-state index in [4.69, 9.17) is 5.73 Å². The van der Waals surface area contributed by atoms with Gasteiger partial charge in [0.2, 0.25) is 0 Å². The summed E-state index contributed by atoms with van der Waals surface area (Å²) >= 11 is 0. The Labute approximate surface area is 94.3 Å². The minimum absolute atomic E-state index is 0.116. The topological polar surface area (TPSA) is 70.5 Å². The first kappa shape index (κ1) is 9.66. The van der Waals surface area contributed by atoms with Crippen LogP contribution in [0.3, 0.4) is 0 Å². The molecule has 0 spiro atoms. The van der Waals surface area contributed by atoms with E-state index in [0.29, 0.717) is 6.54 Å². The molecule has 1 saturated carbocycles. The minimum atomic E-state index is 0.116. The van der Waals surface area contributed by atoms with Crippen LogP contribution in [0.4, 0.5) is 0 Å². The number of hydrogen-bond acceptors (Lipinski definition) is 2. The first-order chi connectivity index (χ1) is 7.84. The van der Waals surface area contributed by atoms with Gasteiger partial charge in [0.15, 0.2) is 0 Å². The zero-order chi connectivity index (χ0) is 11.0. The number of hydrogen-bond donors (Lipinski definition) is 3. The van der Waals surface area contributed by atoms with Gasteiger partial charge in [-0.25, -0.2) is 4.98 Å². The molecule has 1 fully saturated rings. The van der Waals surface area contributed by atoms with E-state index >= 15 is 0 Å². The van der Waals surface area contributed by atoms with Crippen LogP contribution in [0.1, 0.15) is 25.1 Å². The summed E-state index contributed by atoms with van der Waals surface area (Å²) in [5.41, 5.74) is 8.09. The van der Waals surface area contributed by atoms with Gasteiger partial charge in [-0.15, -0.1) is 0 Å². The molecule has 0 aliphatic heterocycles. The van der Waals surface area contributed by atoms with E-state index in [-0.39, 0.29) is 5.41 Å². The Balaban J connectivity index is 1.93. The molecule has 4 N–H and O–H groups in total. The van der Waals surface area contributed by atoms with E-state index in [0.717, 1.165) is 30.1 Å². The first-order valence-corrected chi connectivity index (χ1v) is 5.73. The number of imidazole rings is 1. The molecule has 0 aromatic carbocycles. The molecule has 3 rings (SSSR count). The number of nitrogens with two attached hydrogens (primary N) is 1. The number of aromatic nitrogens is 3. The third-order valence-electron chi connectivity index (χ3n) is 3.67. The fourth-order valence-electron chi connectivity index (χ4n) is 2.37. The summed E-state index contributed by atoms with van der Waals surface area (Å²) in [4.78, 5) is 11.0. The quantitative estimate of drug-likeness (QED) is 0.732. The molecule has 0 saturated heterocycles. The Morgan fingerprint density at radius 2 is 2.25 bits per heavy atom. The average molecular weight is 216 g/mol. The van der Waals surface area contributed by atoms with Crippen molar-refractivity contribution in [3.63, 3.8) is 0 Å². The highest BCUT2D eigenvalue weighted by Crippen LogP contribution is 2.41. The van der Waals surface area contributed by atoms with Crippen molar-refractivity contribution in [3.05, 3.63) is 30.4 Å². The van der Waals surface area contributed by atoms with Gasteiger partial charge in [-0.2, -0.15) is 0 Å². The fourth-order valence-corrected chi connectivity index (χ4v) is 2.37. The second-order valence-corrected chi connectivity index (χ2v) is 4.57. The Morgan fingerprint density at radius 1 is 1.38 bits per heavy atom. The summed E-state index contributed by atoms with van der Waals surface area (Å²) in [7, 11) is 0. The van der Waals surface area contributed by atoms with Crippen LogP contribution >= 0.6 is 0 Å². The zero-order valence-corrected chi connectivity index (χ0v) is 9.16. The van der Waals surface area contributed by atoms with E-state index in [1.165, 1.54) is 6.42 Å². The van der Waals surface area contributed by atoms with Crippen LogP contribution in [0.15, 0.2) is 24.5 Å². The maximum Gasteiger partial charge on any atom is 0.114 e. The largest absolute Gasteiger partial charge is 0.360 e. The van der Waals surface area contributed by atoms with Crippen molar-refractivity contribution in [1.29, 1.82) is 0 Å². The molecule has 2 aromatic rings. The van der Waals surface area contributed by atoms with Gasteiger partial charge in [0.1, 0.15) is 5.82 Å². The van der Waals surface area contributed by atoms with Crippen molar-refractivity contribution in [2.75, 3.05) is 6.54 Å². The van der Waals surface area contributed by atoms with E-state index in [1.54, 1.807) is 0 Å². The second-order valence-electron chi connectivity index (χ2n) is 4.57. The Morgan fingerprint density at radius 3 is 2.81 bits per heavy atom. The monoisotopic (exact) mass is 216 g/mol. The highest BCUT2D eigenvalue weighted by molar-refractivity contribution is 5.53. The van der Waals surface area contributed by atoms with Gasteiger partial charge in [0.05, 0.1) is 17.6 Å². The molecule has 1 aliphatic rings. The summed E-state index contributed by atoms with van der Waals surface area (Å²) < 4.78 is 0. The Kier molecular flexibility index (Phi) is 2.11. The molecule has 0 bridgehead atoms. The van der Waals surface area contributed by atoms with Gasteiger partial charge in [0.25, 0.3) is 0 Å². The van der Waals surface area contributed by atoms with Crippen molar-refractivity contribution in [3.8, 4) is 11.4 Å². The summed E-state index contributed by atoms with van der Waals surface area (Å²) in [6, 6.07) is 4.02. The Bertz CT molecular complexity index is 459. The summed E-state index contributed by atoms with van der Waals surface area (Å²) in [6.45, 7) is 0.685. The lowest BCUT2D eigenvalue weighted by molar-refractivity contribution is 0.240. The second kappa shape index (κ2) is 3.49. The highest BCUT2D eigenvalue weighted by atomic mass is 15.0. The summed E-state index contributed by atoms with van der Waals surface area (Å²) in [5, 5.41) is 0. The molecule has 0 unspecified atom stereocenters. The molecular formula is C12H16N4. The van der Waals surface area contributed by atoms with Gasteiger partial charge in [-0.3, -0.25) is 0 Å². The molecular weight excluding hydrogens is 200 g/mol. The number of nitrogens with one attached hydrogen (secondary N) is 2. The van der Waals surface area contributed by atoms with E-state index in [9.17, 15) is 0 Å². The fraction of sp³-hybridized carbons (Fsp3) is 0.417. The Hall–Kier alpha value is -1.55. The van der Waals surface area contributed by atoms with Crippen LogP contribution in [0.5, 0.6) is 0 Å². The van der Waals surface area contributed by atoms with Crippen LogP contribution in [0.25, 0.3) is 11.4 Å². The number of H-pyrrole nitrogens is 2.